The summed E-state index contributed by atoms with van der Waals surface area (Å²) in [6.45, 7) is 12.4. The van der Waals surface area contributed by atoms with Gasteiger partial charge in [-0.1, -0.05) is 0 Å². The monoisotopic (exact) mass is 312 g/mol. The summed E-state index contributed by atoms with van der Waals surface area (Å²) in [5.74, 6) is 0.957. The molecule has 3 aromatic heterocycles. The van der Waals surface area contributed by atoms with Gasteiger partial charge in [0.25, 0.3) is 0 Å². The molecule has 0 spiro atoms. The van der Waals surface area contributed by atoms with E-state index in [1.54, 1.807) is 0 Å². The van der Waals surface area contributed by atoms with Crippen LogP contribution < -0.4 is 5.32 Å². The number of aromatic nitrogens is 5. The fraction of sp³-hybridized carbons (Fsp3) is 0.471. The van der Waals surface area contributed by atoms with E-state index in [0.29, 0.717) is 0 Å². The van der Waals surface area contributed by atoms with Crippen LogP contribution in [0.1, 0.15) is 46.9 Å². The quantitative estimate of drug-likeness (QED) is 0.807. The first-order valence-corrected chi connectivity index (χ1v) is 7.89. The maximum absolute atomic E-state index is 4.62. The first-order chi connectivity index (χ1) is 10.8. The van der Waals surface area contributed by atoms with Crippen molar-refractivity contribution < 1.29 is 0 Å². The molecule has 6 heteroatoms. The molecular formula is C17H24N6. The molecule has 23 heavy (non-hydrogen) atoms. The molecular weight excluding hydrogens is 288 g/mol. The van der Waals surface area contributed by atoms with Crippen molar-refractivity contribution in [1.82, 2.24) is 24.4 Å². The third-order valence-corrected chi connectivity index (χ3v) is 4.55. The minimum Gasteiger partial charge on any atom is -0.363 e. The second-order valence-corrected chi connectivity index (χ2v) is 6.30. The first-order valence-electron chi connectivity index (χ1n) is 7.89. The van der Waals surface area contributed by atoms with Gasteiger partial charge in [-0.15, -0.1) is 0 Å². The highest BCUT2D eigenvalue weighted by atomic mass is 15.3. The van der Waals surface area contributed by atoms with Gasteiger partial charge in [-0.25, -0.2) is 4.98 Å². The molecule has 0 radical (unpaired) electrons. The van der Waals surface area contributed by atoms with E-state index in [0.717, 1.165) is 34.1 Å². The lowest BCUT2D eigenvalue weighted by Crippen LogP contribution is -2.13. The number of aryl methyl sites for hydroxylation is 5. The average Bonchev–Trinajstić information content (AvgIpc) is 2.89. The lowest BCUT2D eigenvalue weighted by atomic mass is 10.1. The Morgan fingerprint density at radius 3 is 2.35 bits per heavy atom. The minimum absolute atomic E-state index is 0.138. The van der Waals surface area contributed by atoms with Crippen molar-refractivity contribution in [1.29, 1.82) is 0 Å². The highest BCUT2D eigenvalue weighted by molar-refractivity contribution is 5.56. The Morgan fingerprint density at radius 2 is 1.74 bits per heavy atom. The van der Waals surface area contributed by atoms with Gasteiger partial charge in [0.05, 0.1) is 17.4 Å². The van der Waals surface area contributed by atoms with Gasteiger partial charge in [-0.2, -0.15) is 14.7 Å². The molecule has 0 aromatic carbocycles. The minimum atomic E-state index is 0.138. The maximum atomic E-state index is 4.62. The molecule has 0 bridgehead atoms. The predicted octanol–water partition coefficient (Wildman–Crippen LogP) is 3.18. The number of nitrogens with zero attached hydrogens (tertiary/aromatic N) is 5. The zero-order chi connectivity index (χ0) is 16.9. The van der Waals surface area contributed by atoms with E-state index in [1.165, 1.54) is 11.3 Å². The molecule has 0 aliphatic carbocycles. The maximum Gasteiger partial charge on any atom is 0.160 e. The number of rotatable bonds is 3. The van der Waals surface area contributed by atoms with Crippen LogP contribution in [-0.4, -0.2) is 24.4 Å². The highest BCUT2D eigenvalue weighted by Gasteiger charge is 2.18. The van der Waals surface area contributed by atoms with Crippen LogP contribution in [0.5, 0.6) is 0 Å². The van der Waals surface area contributed by atoms with E-state index in [-0.39, 0.29) is 6.04 Å². The number of nitrogens with one attached hydrogen (secondary N) is 1. The fourth-order valence-corrected chi connectivity index (χ4v) is 3.16. The average molecular weight is 312 g/mol. The van der Waals surface area contributed by atoms with Crippen LogP contribution in [0.4, 0.5) is 5.82 Å². The number of anilines is 1. The van der Waals surface area contributed by atoms with Crippen molar-refractivity contribution in [3.8, 4) is 0 Å². The van der Waals surface area contributed by atoms with Crippen LogP contribution in [0, 0.1) is 34.6 Å². The van der Waals surface area contributed by atoms with E-state index in [1.807, 2.05) is 36.2 Å². The molecule has 0 aliphatic heterocycles. The van der Waals surface area contributed by atoms with E-state index in [2.05, 4.69) is 48.2 Å². The largest absolute Gasteiger partial charge is 0.363 e. The van der Waals surface area contributed by atoms with Gasteiger partial charge in [-0.05, 0) is 41.5 Å². The normalized spacial score (nSPS) is 12.8. The van der Waals surface area contributed by atoms with Crippen LogP contribution >= 0.6 is 0 Å². The summed E-state index contributed by atoms with van der Waals surface area (Å²) in [5, 5.41) is 12.7. The first kappa shape index (κ1) is 15.5. The molecule has 1 atom stereocenters. The molecule has 3 aromatic rings. The summed E-state index contributed by atoms with van der Waals surface area (Å²) in [5.41, 5.74) is 7.49. The van der Waals surface area contributed by atoms with Crippen molar-refractivity contribution in [3.63, 3.8) is 0 Å². The van der Waals surface area contributed by atoms with Crippen molar-refractivity contribution in [2.24, 2.45) is 7.05 Å². The molecule has 6 nitrogen and oxygen atoms in total. The standard InChI is InChI=1S/C17H24N6/c1-9-8-15(23-17(18-9)10(2)11(3)21-23)19-12(4)16-13(5)20-22(7)14(16)6/h8,12,19H,1-7H3/t12-/m1/s1. The summed E-state index contributed by atoms with van der Waals surface area (Å²) in [6, 6.07) is 2.18. The summed E-state index contributed by atoms with van der Waals surface area (Å²) < 4.78 is 3.83. The highest BCUT2D eigenvalue weighted by Crippen LogP contribution is 2.26. The van der Waals surface area contributed by atoms with Crippen molar-refractivity contribution in [3.05, 3.63) is 40.0 Å². The zero-order valence-corrected chi connectivity index (χ0v) is 14.9. The van der Waals surface area contributed by atoms with Gasteiger partial charge in [0.1, 0.15) is 5.82 Å². The molecule has 3 rings (SSSR count). The van der Waals surface area contributed by atoms with Gasteiger partial charge in [0, 0.05) is 35.6 Å². The fourth-order valence-electron chi connectivity index (χ4n) is 3.16. The van der Waals surface area contributed by atoms with E-state index >= 15 is 0 Å². The van der Waals surface area contributed by atoms with Crippen LogP contribution in [-0.2, 0) is 7.05 Å². The Hall–Kier alpha value is -2.37. The molecule has 0 saturated heterocycles. The number of fused-ring (bicyclic) bond motifs is 1. The summed E-state index contributed by atoms with van der Waals surface area (Å²) in [7, 11) is 1.98. The third-order valence-electron chi connectivity index (χ3n) is 4.55. The smallest absolute Gasteiger partial charge is 0.160 e. The third kappa shape index (κ3) is 2.48. The number of hydrogen-bond acceptors (Lipinski definition) is 4. The molecule has 0 amide bonds. The van der Waals surface area contributed by atoms with Crippen LogP contribution in [0.2, 0.25) is 0 Å². The van der Waals surface area contributed by atoms with Crippen LogP contribution in [0.15, 0.2) is 6.07 Å². The Bertz CT molecular complexity index is 886. The second kappa shape index (κ2) is 5.37. The molecule has 0 aliphatic rings. The molecule has 0 fully saturated rings. The molecule has 3 heterocycles. The van der Waals surface area contributed by atoms with E-state index in [4.69, 9.17) is 0 Å². The van der Waals surface area contributed by atoms with Gasteiger partial charge in [0.15, 0.2) is 5.65 Å². The Labute approximate surface area is 136 Å². The van der Waals surface area contributed by atoms with Crippen LogP contribution in [0.3, 0.4) is 0 Å². The van der Waals surface area contributed by atoms with Gasteiger partial charge >= 0.3 is 0 Å². The van der Waals surface area contributed by atoms with Gasteiger partial charge < -0.3 is 5.32 Å². The Kier molecular flexibility index (Phi) is 3.62. The van der Waals surface area contributed by atoms with E-state index < -0.39 is 0 Å². The Morgan fingerprint density at radius 1 is 1.04 bits per heavy atom. The van der Waals surface area contributed by atoms with Gasteiger partial charge in [0.2, 0.25) is 0 Å². The molecule has 0 saturated carbocycles. The second-order valence-electron chi connectivity index (χ2n) is 6.30. The Balaban J connectivity index is 2.06. The van der Waals surface area contributed by atoms with Crippen molar-refractivity contribution in [2.75, 3.05) is 5.32 Å². The van der Waals surface area contributed by atoms with Crippen LogP contribution in [0.25, 0.3) is 5.65 Å². The van der Waals surface area contributed by atoms with Crippen molar-refractivity contribution >= 4 is 11.5 Å². The SMILES string of the molecule is Cc1cc(N[C@H](C)c2c(C)nn(C)c2C)n2nc(C)c(C)c2n1. The lowest BCUT2D eigenvalue weighted by Gasteiger charge is -2.17. The molecule has 1 N–H and O–H groups in total. The summed E-state index contributed by atoms with van der Waals surface area (Å²) >= 11 is 0. The number of hydrogen-bond donors (Lipinski definition) is 1. The summed E-state index contributed by atoms with van der Waals surface area (Å²) in [4.78, 5) is 4.62. The molecule has 122 valence electrons. The van der Waals surface area contributed by atoms with Crippen molar-refractivity contribution in [2.45, 2.75) is 47.6 Å². The molecule has 0 unspecified atom stereocenters. The zero-order valence-electron chi connectivity index (χ0n) is 14.9. The summed E-state index contributed by atoms with van der Waals surface area (Å²) in [6.07, 6.45) is 0. The van der Waals surface area contributed by atoms with E-state index in [9.17, 15) is 0 Å². The topological polar surface area (TPSA) is 60.0 Å². The lowest BCUT2D eigenvalue weighted by molar-refractivity contribution is 0.728. The van der Waals surface area contributed by atoms with Gasteiger partial charge in [-0.3, -0.25) is 4.68 Å². The predicted molar refractivity (Wildman–Crippen MR) is 91.9 cm³/mol.